The Bertz CT molecular complexity index is 95.6. The second kappa shape index (κ2) is 4.16. The third kappa shape index (κ3) is 2.45. The summed E-state index contributed by atoms with van der Waals surface area (Å²) < 4.78 is 0. The van der Waals surface area contributed by atoms with Crippen LogP contribution in [-0.4, -0.2) is 30.1 Å². The first-order valence-electron chi connectivity index (χ1n) is 3.70. The van der Waals surface area contributed by atoms with E-state index in [0.29, 0.717) is 12.1 Å². The maximum atomic E-state index is 5.72. The summed E-state index contributed by atoms with van der Waals surface area (Å²) in [6, 6.07) is 1.12. The molecule has 1 rings (SSSR count). The highest BCUT2D eigenvalue weighted by Crippen LogP contribution is 2.09. The van der Waals surface area contributed by atoms with Crippen molar-refractivity contribution in [2.24, 2.45) is 5.73 Å². The lowest BCUT2D eigenvalue weighted by molar-refractivity contribution is 0.272. The van der Waals surface area contributed by atoms with Gasteiger partial charge >= 0.3 is 0 Å². The molecule has 0 unspecified atom stereocenters. The van der Waals surface area contributed by atoms with Crippen molar-refractivity contribution in [3.05, 3.63) is 0 Å². The second-order valence-corrected chi connectivity index (χ2v) is 3.14. The average Bonchev–Trinajstić information content (AvgIpc) is 2.14. The fourth-order valence-corrected chi connectivity index (χ4v) is 1.28. The van der Waals surface area contributed by atoms with E-state index in [1.54, 1.807) is 0 Å². The maximum absolute atomic E-state index is 5.72. The highest BCUT2D eigenvalue weighted by Gasteiger charge is 2.20. The summed E-state index contributed by atoms with van der Waals surface area (Å²) in [6.45, 7) is 6.73. The molecule has 3 heteroatoms. The van der Waals surface area contributed by atoms with Crippen LogP contribution in [0.2, 0.25) is 0 Å². The van der Waals surface area contributed by atoms with Crippen LogP contribution in [0.1, 0.15) is 20.3 Å². The summed E-state index contributed by atoms with van der Waals surface area (Å²) in [5.74, 6) is 0. The average molecular weight is 165 g/mol. The molecule has 1 heterocycles. The van der Waals surface area contributed by atoms with E-state index in [1.807, 2.05) is 0 Å². The van der Waals surface area contributed by atoms with Crippen molar-refractivity contribution in [2.45, 2.75) is 32.4 Å². The molecule has 0 radical (unpaired) electrons. The van der Waals surface area contributed by atoms with Gasteiger partial charge in [0, 0.05) is 18.6 Å². The van der Waals surface area contributed by atoms with Gasteiger partial charge < -0.3 is 5.73 Å². The van der Waals surface area contributed by atoms with Crippen LogP contribution in [0.3, 0.4) is 0 Å². The van der Waals surface area contributed by atoms with Gasteiger partial charge in [0.25, 0.3) is 0 Å². The number of halogens is 1. The third-order valence-electron chi connectivity index (χ3n) is 1.99. The van der Waals surface area contributed by atoms with Crippen molar-refractivity contribution in [1.82, 2.24) is 4.90 Å². The molecule has 0 spiro atoms. The molecule has 2 nitrogen and oxygen atoms in total. The number of nitrogens with two attached hydrogens (primary N) is 1. The van der Waals surface area contributed by atoms with Gasteiger partial charge in [0.2, 0.25) is 0 Å². The van der Waals surface area contributed by atoms with Crippen LogP contribution >= 0.6 is 12.4 Å². The van der Waals surface area contributed by atoms with E-state index in [-0.39, 0.29) is 12.4 Å². The van der Waals surface area contributed by atoms with Crippen LogP contribution in [0.5, 0.6) is 0 Å². The zero-order valence-electron chi connectivity index (χ0n) is 6.71. The number of hydrogen-bond donors (Lipinski definition) is 1. The van der Waals surface area contributed by atoms with Gasteiger partial charge in [-0.2, -0.15) is 0 Å². The van der Waals surface area contributed by atoms with Gasteiger partial charge in [0.05, 0.1) is 0 Å². The lowest BCUT2D eigenvalue weighted by Gasteiger charge is -2.19. The quantitative estimate of drug-likeness (QED) is 0.623. The molecule has 0 aromatic carbocycles. The smallest absolute Gasteiger partial charge is 0.0180 e. The maximum Gasteiger partial charge on any atom is 0.0180 e. The Morgan fingerprint density at radius 2 is 2.10 bits per heavy atom. The Labute approximate surface area is 69.2 Å². The van der Waals surface area contributed by atoms with Gasteiger partial charge in [-0.1, -0.05) is 0 Å². The Hall–Kier alpha value is 0.210. The molecule has 1 aliphatic heterocycles. The number of hydrogen-bond acceptors (Lipinski definition) is 2. The van der Waals surface area contributed by atoms with Gasteiger partial charge in [-0.3, -0.25) is 4.90 Å². The zero-order valence-corrected chi connectivity index (χ0v) is 7.53. The molecule has 10 heavy (non-hydrogen) atoms. The van der Waals surface area contributed by atoms with Crippen molar-refractivity contribution in [1.29, 1.82) is 0 Å². The molecule has 0 aliphatic carbocycles. The van der Waals surface area contributed by atoms with Crippen LogP contribution in [0.4, 0.5) is 0 Å². The Morgan fingerprint density at radius 3 is 2.30 bits per heavy atom. The lowest BCUT2D eigenvalue weighted by atomic mass is 10.3. The van der Waals surface area contributed by atoms with Gasteiger partial charge in [0.1, 0.15) is 0 Å². The lowest BCUT2D eigenvalue weighted by Crippen LogP contribution is -2.31. The normalized spacial score (nSPS) is 27.0. The molecule has 1 fully saturated rings. The summed E-state index contributed by atoms with van der Waals surface area (Å²) in [6.07, 6.45) is 1.18. The standard InChI is InChI=1S/C7H16N2.ClH/c1-6(2)9-4-3-7(8)5-9;/h6-7H,3-5,8H2,1-2H3;1H/t7-;/m0./s1. The molecule has 0 saturated carbocycles. The minimum atomic E-state index is 0. The second-order valence-electron chi connectivity index (χ2n) is 3.14. The first kappa shape index (κ1) is 10.2. The first-order chi connectivity index (χ1) is 4.20. The molecular formula is C7H17ClN2. The summed E-state index contributed by atoms with van der Waals surface area (Å²) in [7, 11) is 0. The highest BCUT2D eigenvalue weighted by atomic mass is 35.5. The fraction of sp³-hybridized carbons (Fsp3) is 1.00. The van der Waals surface area contributed by atoms with Crippen LogP contribution in [0, 0.1) is 0 Å². The molecule has 0 aromatic heterocycles. The molecule has 0 aromatic rings. The summed E-state index contributed by atoms with van der Waals surface area (Å²) in [4.78, 5) is 2.42. The van der Waals surface area contributed by atoms with Crippen molar-refractivity contribution >= 4 is 12.4 Å². The highest BCUT2D eigenvalue weighted by molar-refractivity contribution is 5.85. The number of likely N-dealkylation sites (tertiary alicyclic amines) is 1. The van der Waals surface area contributed by atoms with E-state index in [1.165, 1.54) is 13.0 Å². The van der Waals surface area contributed by atoms with Crippen molar-refractivity contribution < 1.29 is 0 Å². The number of rotatable bonds is 1. The summed E-state index contributed by atoms with van der Waals surface area (Å²) in [5, 5.41) is 0. The molecule has 2 N–H and O–H groups in total. The van der Waals surface area contributed by atoms with E-state index in [0.717, 1.165) is 6.54 Å². The molecule has 0 bridgehead atoms. The predicted octanol–water partition coefficient (Wildman–Crippen LogP) is 0.850. The van der Waals surface area contributed by atoms with Gasteiger partial charge in [-0.15, -0.1) is 12.4 Å². The molecule has 1 atom stereocenters. The molecule has 0 amide bonds. The minimum Gasteiger partial charge on any atom is -0.326 e. The minimum absolute atomic E-state index is 0. The summed E-state index contributed by atoms with van der Waals surface area (Å²) >= 11 is 0. The number of nitrogens with zero attached hydrogens (tertiary/aromatic N) is 1. The monoisotopic (exact) mass is 164 g/mol. The third-order valence-corrected chi connectivity index (χ3v) is 1.99. The Balaban J connectivity index is 0.000000810. The first-order valence-corrected chi connectivity index (χ1v) is 3.70. The summed E-state index contributed by atoms with van der Waals surface area (Å²) in [5.41, 5.74) is 5.72. The fourth-order valence-electron chi connectivity index (χ4n) is 1.28. The van der Waals surface area contributed by atoms with Crippen molar-refractivity contribution in [3.8, 4) is 0 Å². The van der Waals surface area contributed by atoms with E-state index < -0.39 is 0 Å². The molecule has 1 aliphatic rings. The largest absolute Gasteiger partial charge is 0.326 e. The molecular weight excluding hydrogens is 148 g/mol. The SMILES string of the molecule is CC(C)N1CC[C@H](N)C1.Cl. The Morgan fingerprint density at radius 1 is 1.50 bits per heavy atom. The Kier molecular flexibility index (Phi) is 4.25. The van der Waals surface area contributed by atoms with E-state index in [2.05, 4.69) is 18.7 Å². The molecule has 62 valence electrons. The van der Waals surface area contributed by atoms with Crippen molar-refractivity contribution in [2.75, 3.05) is 13.1 Å². The van der Waals surface area contributed by atoms with Crippen LogP contribution in [0.25, 0.3) is 0 Å². The van der Waals surface area contributed by atoms with E-state index in [9.17, 15) is 0 Å². The van der Waals surface area contributed by atoms with E-state index >= 15 is 0 Å². The van der Waals surface area contributed by atoms with Gasteiger partial charge in [0.15, 0.2) is 0 Å². The van der Waals surface area contributed by atoms with Crippen LogP contribution < -0.4 is 5.73 Å². The predicted molar refractivity (Wildman–Crippen MR) is 46.5 cm³/mol. The van der Waals surface area contributed by atoms with E-state index in [4.69, 9.17) is 5.73 Å². The topological polar surface area (TPSA) is 29.3 Å². The van der Waals surface area contributed by atoms with Crippen molar-refractivity contribution in [3.63, 3.8) is 0 Å². The van der Waals surface area contributed by atoms with Gasteiger partial charge in [-0.25, -0.2) is 0 Å². The van der Waals surface area contributed by atoms with Crippen LogP contribution in [0.15, 0.2) is 0 Å². The zero-order chi connectivity index (χ0) is 6.85. The van der Waals surface area contributed by atoms with Gasteiger partial charge in [-0.05, 0) is 26.8 Å². The van der Waals surface area contributed by atoms with Crippen LogP contribution in [-0.2, 0) is 0 Å². The molecule has 1 saturated heterocycles.